The molecule has 2 rings (SSSR count). The highest BCUT2D eigenvalue weighted by Crippen LogP contribution is 2.25. The van der Waals surface area contributed by atoms with E-state index in [4.69, 9.17) is 9.47 Å². The molecule has 11 heteroatoms. The van der Waals surface area contributed by atoms with Crippen LogP contribution in [-0.4, -0.2) is 34.9 Å². The molecule has 0 aliphatic heterocycles. The molecule has 0 bridgehead atoms. The Morgan fingerprint density at radius 2 is 1.68 bits per heavy atom. The highest BCUT2D eigenvalue weighted by atomic mass is 16.6. The molecule has 0 fully saturated rings. The van der Waals surface area contributed by atoms with Gasteiger partial charge in [-0.25, -0.2) is 4.79 Å². The third-order valence-electron chi connectivity index (χ3n) is 3.46. The number of nitro benzene ring substituents is 2. The molecule has 0 aliphatic rings. The van der Waals surface area contributed by atoms with Crippen molar-refractivity contribution in [3.63, 3.8) is 0 Å². The quantitative estimate of drug-likeness (QED) is 0.410. The van der Waals surface area contributed by atoms with Gasteiger partial charge in [0.25, 0.3) is 11.6 Å². The molecule has 28 heavy (non-hydrogen) atoms. The Kier molecular flexibility index (Phi) is 6.58. The van der Waals surface area contributed by atoms with Crippen LogP contribution in [0.15, 0.2) is 42.5 Å². The minimum absolute atomic E-state index is 0.110. The molecule has 0 unspecified atom stereocenters. The van der Waals surface area contributed by atoms with E-state index >= 15 is 0 Å². The van der Waals surface area contributed by atoms with Gasteiger partial charge in [-0.2, -0.15) is 0 Å². The first-order chi connectivity index (χ1) is 13.3. The molecule has 2 aromatic rings. The van der Waals surface area contributed by atoms with Gasteiger partial charge in [0.1, 0.15) is 0 Å². The topological polar surface area (TPSA) is 151 Å². The molecule has 0 saturated carbocycles. The van der Waals surface area contributed by atoms with Gasteiger partial charge in [0.05, 0.1) is 9.85 Å². The number of benzene rings is 2. The Morgan fingerprint density at radius 3 is 2.36 bits per heavy atom. The molecule has 0 saturated heterocycles. The zero-order valence-electron chi connectivity index (χ0n) is 14.6. The monoisotopic (exact) mass is 389 g/mol. The van der Waals surface area contributed by atoms with Crippen LogP contribution in [0.25, 0.3) is 0 Å². The number of esters is 1. The lowest BCUT2D eigenvalue weighted by atomic mass is 10.2. The zero-order valence-corrected chi connectivity index (χ0v) is 14.6. The first-order valence-electron chi connectivity index (χ1n) is 7.84. The molecular weight excluding hydrogens is 374 g/mol. The summed E-state index contributed by atoms with van der Waals surface area (Å²) < 4.78 is 9.76. The molecule has 2 aromatic carbocycles. The van der Waals surface area contributed by atoms with E-state index in [1.807, 2.05) is 0 Å². The fourth-order valence-corrected chi connectivity index (χ4v) is 2.14. The average Bonchev–Trinajstić information content (AvgIpc) is 2.66. The van der Waals surface area contributed by atoms with Crippen LogP contribution < -0.4 is 10.1 Å². The number of nitrogens with one attached hydrogen (secondary N) is 1. The molecule has 0 aliphatic carbocycles. The summed E-state index contributed by atoms with van der Waals surface area (Å²) in [5.74, 6) is -1.73. The number of carbonyl (C=O) groups is 2. The summed E-state index contributed by atoms with van der Waals surface area (Å²) >= 11 is 0. The van der Waals surface area contributed by atoms with Crippen LogP contribution in [-0.2, 0) is 14.3 Å². The number of anilines is 1. The van der Waals surface area contributed by atoms with Crippen molar-refractivity contribution in [2.24, 2.45) is 0 Å². The average molecular weight is 389 g/mol. The highest BCUT2D eigenvalue weighted by molar-refractivity contribution is 5.93. The second kappa shape index (κ2) is 9.07. The number of hydrogen-bond donors (Lipinski definition) is 1. The Balaban J connectivity index is 1.85. The molecule has 1 N–H and O–H groups in total. The predicted molar refractivity (Wildman–Crippen MR) is 96.0 cm³/mol. The Bertz CT molecular complexity index is 928. The molecular formula is C17H15N3O8. The third kappa shape index (κ3) is 5.49. The summed E-state index contributed by atoms with van der Waals surface area (Å²) in [6.45, 7) is 0.275. The number of hydrogen-bond acceptors (Lipinski definition) is 8. The standard InChI is InChI=1S/C17H15N3O8/c1-11-6-7-12(8-14(11)20(25)26)18-16(21)9-28-17(22)10-27-15-5-3-2-4-13(15)19(23)24/h2-8H,9-10H2,1H3,(H,18,21). The maximum Gasteiger partial charge on any atom is 0.344 e. The SMILES string of the molecule is Cc1ccc(NC(=O)COC(=O)COc2ccccc2[N+](=O)[O-])cc1[N+](=O)[O-]. The van der Waals surface area contributed by atoms with Crippen molar-refractivity contribution in [3.8, 4) is 5.75 Å². The summed E-state index contributed by atoms with van der Waals surface area (Å²) in [6, 6.07) is 9.62. The fourth-order valence-electron chi connectivity index (χ4n) is 2.14. The van der Waals surface area contributed by atoms with Crippen LogP contribution in [0.3, 0.4) is 0 Å². The third-order valence-corrected chi connectivity index (χ3v) is 3.46. The van der Waals surface area contributed by atoms with Gasteiger partial charge < -0.3 is 14.8 Å². The lowest BCUT2D eigenvalue weighted by molar-refractivity contribution is -0.385. The molecule has 0 radical (unpaired) electrons. The Labute approximate surface area is 158 Å². The number of rotatable bonds is 8. The molecule has 11 nitrogen and oxygen atoms in total. The second-order valence-corrected chi connectivity index (χ2v) is 5.48. The van der Waals surface area contributed by atoms with Crippen LogP contribution in [0.1, 0.15) is 5.56 Å². The predicted octanol–water partition coefficient (Wildman–Crippen LogP) is 2.37. The van der Waals surface area contributed by atoms with E-state index in [0.29, 0.717) is 5.56 Å². The van der Waals surface area contributed by atoms with Crippen molar-refractivity contribution < 1.29 is 28.9 Å². The first-order valence-corrected chi connectivity index (χ1v) is 7.84. The van der Waals surface area contributed by atoms with Gasteiger partial charge in [-0.15, -0.1) is 0 Å². The largest absolute Gasteiger partial charge is 0.475 e. The van der Waals surface area contributed by atoms with Gasteiger partial charge in [-0.3, -0.25) is 25.0 Å². The smallest absolute Gasteiger partial charge is 0.344 e. The Morgan fingerprint density at radius 1 is 1.00 bits per heavy atom. The van der Waals surface area contributed by atoms with E-state index < -0.39 is 34.9 Å². The summed E-state index contributed by atoms with van der Waals surface area (Å²) in [6.07, 6.45) is 0. The molecule has 146 valence electrons. The molecule has 0 heterocycles. The fraction of sp³-hybridized carbons (Fsp3) is 0.176. The van der Waals surface area contributed by atoms with E-state index in [0.717, 1.165) is 0 Å². The minimum Gasteiger partial charge on any atom is -0.475 e. The van der Waals surface area contributed by atoms with Crippen molar-refractivity contribution in [2.75, 3.05) is 18.5 Å². The lowest BCUT2D eigenvalue weighted by Gasteiger charge is -2.08. The van der Waals surface area contributed by atoms with E-state index in [2.05, 4.69) is 5.32 Å². The second-order valence-electron chi connectivity index (χ2n) is 5.48. The van der Waals surface area contributed by atoms with Crippen molar-refractivity contribution in [3.05, 3.63) is 68.3 Å². The van der Waals surface area contributed by atoms with Crippen LogP contribution >= 0.6 is 0 Å². The summed E-state index contributed by atoms with van der Waals surface area (Å²) in [5, 5.41) is 24.1. The minimum atomic E-state index is -0.914. The molecule has 0 atom stereocenters. The number of para-hydroxylation sites is 2. The van der Waals surface area contributed by atoms with E-state index in [9.17, 15) is 29.8 Å². The highest BCUT2D eigenvalue weighted by Gasteiger charge is 2.16. The van der Waals surface area contributed by atoms with Crippen LogP contribution in [0.4, 0.5) is 17.1 Å². The normalized spacial score (nSPS) is 10.0. The maximum atomic E-state index is 11.8. The number of amides is 1. The van der Waals surface area contributed by atoms with Crippen LogP contribution in [0.5, 0.6) is 5.75 Å². The van der Waals surface area contributed by atoms with Gasteiger partial charge >= 0.3 is 11.7 Å². The van der Waals surface area contributed by atoms with Crippen molar-refractivity contribution >= 4 is 28.9 Å². The zero-order chi connectivity index (χ0) is 20.7. The van der Waals surface area contributed by atoms with Crippen molar-refractivity contribution in [1.29, 1.82) is 0 Å². The number of nitro groups is 2. The molecule has 1 amide bonds. The van der Waals surface area contributed by atoms with Gasteiger partial charge in [0, 0.05) is 23.4 Å². The summed E-state index contributed by atoms with van der Waals surface area (Å²) in [4.78, 5) is 44.0. The van der Waals surface area contributed by atoms with Gasteiger partial charge in [-0.1, -0.05) is 18.2 Å². The first kappa shape index (κ1) is 20.3. The lowest BCUT2D eigenvalue weighted by Crippen LogP contribution is -2.23. The Hall–Kier alpha value is -4.02. The summed E-state index contributed by atoms with van der Waals surface area (Å²) in [7, 11) is 0. The van der Waals surface area contributed by atoms with Gasteiger partial charge in [0.15, 0.2) is 19.0 Å². The number of nitrogens with zero attached hydrogens (tertiary/aromatic N) is 2. The van der Waals surface area contributed by atoms with Gasteiger partial charge in [0.2, 0.25) is 0 Å². The van der Waals surface area contributed by atoms with E-state index in [1.54, 1.807) is 6.92 Å². The summed E-state index contributed by atoms with van der Waals surface area (Å²) in [5.41, 5.74) is 0.137. The van der Waals surface area contributed by atoms with Crippen LogP contribution in [0.2, 0.25) is 0 Å². The number of ether oxygens (including phenoxy) is 2. The van der Waals surface area contributed by atoms with Crippen molar-refractivity contribution in [1.82, 2.24) is 0 Å². The maximum absolute atomic E-state index is 11.8. The van der Waals surface area contributed by atoms with Crippen molar-refractivity contribution in [2.45, 2.75) is 6.92 Å². The van der Waals surface area contributed by atoms with Crippen LogP contribution in [0, 0.1) is 27.2 Å². The van der Waals surface area contributed by atoms with Gasteiger partial charge in [-0.05, 0) is 19.1 Å². The molecule has 0 aromatic heterocycles. The van der Waals surface area contributed by atoms with E-state index in [1.165, 1.54) is 42.5 Å². The van der Waals surface area contributed by atoms with E-state index in [-0.39, 0.29) is 22.8 Å². The number of carbonyl (C=O) groups excluding carboxylic acids is 2. The number of aryl methyl sites for hydroxylation is 1. The molecule has 0 spiro atoms.